The van der Waals surface area contributed by atoms with E-state index >= 15 is 0 Å². The van der Waals surface area contributed by atoms with Crippen LogP contribution in [0.15, 0.2) is 12.3 Å². The van der Waals surface area contributed by atoms with Gasteiger partial charge in [-0.05, 0) is 19.4 Å². The number of sulfonamides is 1. The van der Waals surface area contributed by atoms with Crippen molar-refractivity contribution in [3.05, 3.63) is 17.8 Å². The molecule has 2 heterocycles. The highest BCUT2D eigenvalue weighted by molar-refractivity contribution is 7.89. The van der Waals surface area contributed by atoms with Crippen molar-refractivity contribution in [3.8, 4) is 0 Å². The molecule has 1 aliphatic rings. The molecule has 1 aromatic rings. The largest absolute Gasteiger partial charge is 0.418 e. The summed E-state index contributed by atoms with van der Waals surface area (Å²) in [4.78, 5) is 11.3. The van der Waals surface area contributed by atoms with Gasteiger partial charge in [0.05, 0.1) is 18.4 Å². The molecule has 0 aromatic carbocycles. The van der Waals surface area contributed by atoms with Gasteiger partial charge in [-0.1, -0.05) is 6.92 Å². The van der Waals surface area contributed by atoms with Gasteiger partial charge in [-0.2, -0.15) is 22.6 Å². The Labute approximate surface area is 149 Å². The molecule has 0 N–H and O–H groups in total. The fourth-order valence-corrected chi connectivity index (χ4v) is 4.06. The number of halogens is 3. The molecule has 2 rings (SSSR count). The quantitative estimate of drug-likeness (QED) is 0.510. The molecule has 0 radical (unpaired) electrons. The molecule has 1 unspecified atom stereocenters. The molecular weight excluding hydrogens is 377 g/mol. The van der Waals surface area contributed by atoms with Crippen LogP contribution in [-0.2, 0) is 26.0 Å². The molecule has 1 aliphatic heterocycles. The Morgan fingerprint density at radius 1 is 1.23 bits per heavy atom. The maximum atomic E-state index is 12.8. The lowest BCUT2D eigenvalue weighted by Gasteiger charge is -2.35. The van der Waals surface area contributed by atoms with Crippen LogP contribution in [-0.4, -0.2) is 61.1 Å². The summed E-state index contributed by atoms with van der Waals surface area (Å²) in [6.07, 6.45) is -3.65. The molecule has 1 atom stereocenters. The van der Waals surface area contributed by atoms with Crippen molar-refractivity contribution in [2.24, 2.45) is 0 Å². The van der Waals surface area contributed by atoms with Gasteiger partial charge in [-0.15, -0.1) is 5.10 Å². The molecule has 1 aromatic heterocycles. The van der Waals surface area contributed by atoms with Gasteiger partial charge in [0.25, 0.3) is 0 Å². The molecule has 148 valence electrons. The topological polar surface area (TPSA) is 84.9 Å². The van der Waals surface area contributed by atoms with E-state index in [1.807, 2.05) is 0 Å². The van der Waals surface area contributed by atoms with Crippen LogP contribution in [0.25, 0.3) is 0 Å². The lowest BCUT2D eigenvalue weighted by atomic mass is 10.2. The first-order chi connectivity index (χ1) is 12.2. The van der Waals surface area contributed by atoms with Gasteiger partial charge in [-0.3, -0.25) is 0 Å². The lowest BCUT2D eigenvalue weighted by molar-refractivity contribution is -0.303. The first kappa shape index (κ1) is 20.8. The van der Waals surface area contributed by atoms with E-state index in [4.69, 9.17) is 9.78 Å². The maximum Gasteiger partial charge on any atom is 0.418 e. The summed E-state index contributed by atoms with van der Waals surface area (Å²) in [5, 5.41) is 7.11. The molecule has 0 amide bonds. The maximum absolute atomic E-state index is 12.8. The van der Waals surface area contributed by atoms with Gasteiger partial charge < -0.3 is 4.90 Å². The number of alkyl halides is 3. The van der Waals surface area contributed by atoms with Crippen molar-refractivity contribution in [1.29, 1.82) is 0 Å². The predicted octanol–water partition coefficient (Wildman–Crippen LogP) is 1.65. The van der Waals surface area contributed by atoms with Crippen molar-refractivity contribution in [2.75, 3.05) is 37.7 Å². The normalized spacial score (nSPS) is 18.1. The van der Waals surface area contributed by atoms with Crippen molar-refractivity contribution in [3.63, 3.8) is 0 Å². The number of hydrogen-bond acceptors (Lipinski definition) is 7. The second-order valence-electron chi connectivity index (χ2n) is 5.57. The highest BCUT2D eigenvalue weighted by Gasteiger charge is 2.36. The second-order valence-corrected chi connectivity index (χ2v) is 7.64. The molecule has 0 saturated carbocycles. The van der Waals surface area contributed by atoms with Crippen molar-refractivity contribution < 1.29 is 31.4 Å². The third kappa shape index (κ3) is 4.81. The van der Waals surface area contributed by atoms with Crippen LogP contribution in [0.1, 0.15) is 25.8 Å². The molecule has 0 bridgehead atoms. The molecule has 1 saturated heterocycles. The summed E-state index contributed by atoms with van der Waals surface area (Å²) < 4.78 is 64.8. The highest BCUT2D eigenvalue weighted by atomic mass is 32.2. The van der Waals surface area contributed by atoms with E-state index in [0.717, 1.165) is 6.07 Å². The van der Waals surface area contributed by atoms with E-state index in [-0.39, 0.29) is 45.0 Å². The molecule has 0 spiro atoms. The van der Waals surface area contributed by atoms with Crippen LogP contribution in [0, 0.1) is 0 Å². The van der Waals surface area contributed by atoms with E-state index in [9.17, 15) is 21.6 Å². The fraction of sp³-hybridized carbons (Fsp3) is 0.714. The van der Waals surface area contributed by atoms with Crippen LogP contribution in [0.5, 0.6) is 0 Å². The Morgan fingerprint density at radius 2 is 1.88 bits per heavy atom. The summed E-state index contributed by atoms with van der Waals surface area (Å²) in [6.45, 7) is 4.15. The Hall–Kier alpha value is -1.50. The zero-order valence-corrected chi connectivity index (χ0v) is 15.3. The SMILES string of the molecule is CCOOC(CC)S(=O)(=O)N1CCN(c2cc(C(F)(F)F)cnn2)CC1. The van der Waals surface area contributed by atoms with Gasteiger partial charge in [0.15, 0.2) is 5.82 Å². The van der Waals surface area contributed by atoms with Gasteiger partial charge in [0.2, 0.25) is 15.5 Å². The van der Waals surface area contributed by atoms with Crippen molar-refractivity contribution >= 4 is 15.8 Å². The standard InChI is InChI=1S/C14H21F3N4O4S/c1-3-13(25-24-4-2)26(22,23)21-7-5-20(6-8-21)12-9-11(10-18-19-12)14(15,16)17/h9-10,13H,3-8H2,1-2H3. The van der Waals surface area contributed by atoms with E-state index < -0.39 is 27.2 Å². The van der Waals surface area contributed by atoms with Crippen LogP contribution in [0.3, 0.4) is 0 Å². The summed E-state index contributed by atoms with van der Waals surface area (Å²) in [5.74, 6) is 0.0643. The fourth-order valence-electron chi connectivity index (χ4n) is 2.48. The smallest absolute Gasteiger partial charge is 0.352 e. The minimum absolute atomic E-state index is 0.0643. The Bertz CT molecular complexity index is 694. The molecule has 26 heavy (non-hydrogen) atoms. The van der Waals surface area contributed by atoms with Gasteiger partial charge >= 0.3 is 6.18 Å². The molecule has 0 aliphatic carbocycles. The van der Waals surface area contributed by atoms with Gasteiger partial charge in [0, 0.05) is 26.2 Å². The number of hydrogen-bond donors (Lipinski definition) is 0. The summed E-state index contributed by atoms with van der Waals surface area (Å²) in [5.41, 5.74) is -2.02. The molecule has 12 heteroatoms. The van der Waals surface area contributed by atoms with E-state index in [1.165, 1.54) is 4.31 Å². The average Bonchev–Trinajstić information content (AvgIpc) is 2.62. The lowest BCUT2D eigenvalue weighted by Crippen LogP contribution is -2.51. The summed E-state index contributed by atoms with van der Waals surface area (Å²) in [7, 11) is -3.74. The van der Waals surface area contributed by atoms with E-state index in [1.54, 1.807) is 18.7 Å². The molecule has 1 fully saturated rings. The first-order valence-corrected chi connectivity index (χ1v) is 9.62. The average molecular weight is 398 g/mol. The van der Waals surface area contributed by atoms with E-state index in [0.29, 0.717) is 6.20 Å². The monoisotopic (exact) mass is 398 g/mol. The van der Waals surface area contributed by atoms with Crippen LogP contribution < -0.4 is 4.90 Å². The third-order valence-electron chi connectivity index (χ3n) is 3.85. The zero-order chi connectivity index (χ0) is 19.4. The summed E-state index contributed by atoms with van der Waals surface area (Å²) in [6, 6.07) is 0.907. The number of anilines is 1. The van der Waals surface area contributed by atoms with Gasteiger partial charge in [0.1, 0.15) is 0 Å². The Balaban J connectivity index is 2.05. The van der Waals surface area contributed by atoms with Crippen molar-refractivity contribution in [1.82, 2.24) is 14.5 Å². The number of aromatic nitrogens is 2. The first-order valence-electron chi connectivity index (χ1n) is 8.12. The Kier molecular flexibility index (Phi) is 6.77. The third-order valence-corrected chi connectivity index (χ3v) is 6.01. The second kappa shape index (κ2) is 8.46. The van der Waals surface area contributed by atoms with Crippen LogP contribution in [0.4, 0.5) is 19.0 Å². The van der Waals surface area contributed by atoms with Crippen LogP contribution in [0.2, 0.25) is 0 Å². The molecular formula is C14H21F3N4O4S. The minimum Gasteiger partial charge on any atom is -0.352 e. The minimum atomic E-state index is -4.51. The van der Waals surface area contributed by atoms with Crippen molar-refractivity contribution in [2.45, 2.75) is 31.9 Å². The Morgan fingerprint density at radius 3 is 2.42 bits per heavy atom. The number of rotatable bonds is 7. The number of nitrogens with zero attached hydrogens (tertiary/aromatic N) is 4. The highest BCUT2D eigenvalue weighted by Crippen LogP contribution is 2.30. The van der Waals surface area contributed by atoms with Crippen LogP contribution >= 0.6 is 0 Å². The number of piperazine rings is 1. The zero-order valence-electron chi connectivity index (χ0n) is 14.4. The summed E-state index contributed by atoms with van der Waals surface area (Å²) >= 11 is 0. The van der Waals surface area contributed by atoms with E-state index in [2.05, 4.69) is 10.2 Å². The molecule has 8 nitrogen and oxygen atoms in total. The predicted molar refractivity (Wildman–Crippen MR) is 86.5 cm³/mol. The van der Waals surface area contributed by atoms with Gasteiger partial charge in [-0.25, -0.2) is 18.2 Å².